The standard InChI is InChI=1S/C10H14N2/c1-5-6-10-11-9(4)7-12(10)8(2)3/h5-7H,2H2,1,3-4H3/b6-5-. The van der Waals surface area contributed by atoms with Gasteiger partial charge in [-0.3, -0.25) is 0 Å². The first-order chi connectivity index (χ1) is 5.65. The molecule has 0 spiro atoms. The highest BCUT2D eigenvalue weighted by molar-refractivity contribution is 5.50. The Hall–Kier alpha value is -1.31. The van der Waals surface area contributed by atoms with Gasteiger partial charge in [-0.25, -0.2) is 4.98 Å². The van der Waals surface area contributed by atoms with E-state index in [2.05, 4.69) is 11.6 Å². The van der Waals surface area contributed by atoms with E-state index in [-0.39, 0.29) is 0 Å². The lowest BCUT2D eigenvalue weighted by atomic mass is 10.4. The first-order valence-electron chi connectivity index (χ1n) is 3.99. The van der Waals surface area contributed by atoms with Gasteiger partial charge in [-0.2, -0.15) is 0 Å². The summed E-state index contributed by atoms with van der Waals surface area (Å²) in [4.78, 5) is 4.34. The molecule has 0 saturated carbocycles. The van der Waals surface area contributed by atoms with E-state index < -0.39 is 0 Å². The van der Waals surface area contributed by atoms with Gasteiger partial charge in [0.15, 0.2) is 0 Å². The van der Waals surface area contributed by atoms with Crippen molar-refractivity contribution in [2.24, 2.45) is 0 Å². The smallest absolute Gasteiger partial charge is 0.136 e. The zero-order valence-electron chi connectivity index (χ0n) is 7.83. The molecule has 0 saturated heterocycles. The summed E-state index contributed by atoms with van der Waals surface area (Å²) in [6.07, 6.45) is 5.93. The molecule has 0 fully saturated rings. The Bertz CT molecular complexity index is 319. The van der Waals surface area contributed by atoms with Crippen molar-refractivity contribution < 1.29 is 0 Å². The van der Waals surface area contributed by atoms with E-state index in [1.54, 1.807) is 0 Å². The van der Waals surface area contributed by atoms with Crippen LogP contribution in [-0.2, 0) is 0 Å². The Morgan fingerprint density at radius 3 is 2.83 bits per heavy atom. The molecule has 12 heavy (non-hydrogen) atoms. The molecule has 0 aliphatic rings. The van der Waals surface area contributed by atoms with E-state index >= 15 is 0 Å². The molecule has 0 aliphatic carbocycles. The average Bonchev–Trinajstić information content (AvgIpc) is 2.32. The van der Waals surface area contributed by atoms with E-state index in [1.165, 1.54) is 0 Å². The lowest BCUT2D eigenvalue weighted by Gasteiger charge is -2.01. The predicted molar refractivity (Wildman–Crippen MR) is 52.7 cm³/mol. The van der Waals surface area contributed by atoms with E-state index in [1.807, 2.05) is 43.7 Å². The van der Waals surface area contributed by atoms with Crippen LogP contribution in [0.1, 0.15) is 25.4 Å². The van der Waals surface area contributed by atoms with Gasteiger partial charge in [0.2, 0.25) is 0 Å². The molecule has 2 heteroatoms. The fourth-order valence-corrected chi connectivity index (χ4v) is 1.09. The van der Waals surface area contributed by atoms with Crippen LogP contribution in [0.5, 0.6) is 0 Å². The molecule has 0 aromatic carbocycles. The Morgan fingerprint density at radius 2 is 2.33 bits per heavy atom. The van der Waals surface area contributed by atoms with Gasteiger partial charge in [0.25, 0.3) is 0 Å². The van der Waals surface area contributed by atoms with Crippen LogP contribution < -0.4 is 0 Å². The van der Waals surface area contributed by atoms with Crippen molar-refractivity contribution >= 4 is 11.8 Å². The molecule has 0 N–H and O–H groups in total. The van der Waals surface area contributed by atoms with Gasteiger partial charge >= 0.3 is 0 Å². The fraction of sp³-hybridized carbons (Fsp3) is 0.300. The number of hydrogen-bond donors (Lipinski definition) is 0. The second-order valence-corrected chi connectivity index (χ2v) is 2.85. The lowest BCUT2D eigenvalue weighted by molar-refractivity contribution is 1.05. The summed E-state index contributed by atoms with van der Waals surface area (Å²) in [5, 5.41) is 0. The van der Waals surface area contributed by atoms with Crippen LogP contribution in [0.15, 0.2) is 18.9 Å². The molecule has 1 aromatic heterocycles. The SMILES string of the molecule is C=C(C)n1cc(C)nc1/C=C\C. The summed E-state index contributed by atoms with van der Waals surface area (Å²) < 4.78 is 1.98. The van der Waals surface area contributed by atoms with Crippen LogP contribution in [0.3, 0.4) is 0 Å². The summed E-state index contributed by atoms with van der Waals surface area (Å²) >= 11 is 0. The quantitative estimate of drug-likeness (QED) is 0.653. The molecule has 0 amide bonds. The monoisotopic (exact) mass is 162 g/mol. The summed E-state index contributed by atoms with van der Waals surface area (Å²) in [7, 11) is 0. The van der Waals surface area contributed by atoms with Crippen LogP contribution in [-0.4, -0.2) is 9.55 Å². The van der Waals surface area contributed by atoms with E-state index in [4.69, 9.17) is 0 Å². The second kappa shape index (κ2) is 3.39. The van der Waals surface area contributed by atoms with Gasteiger partial charge in [0.1, 0.15) is 5.82 Å². The molecule has 64 valence electrons. The molecule has 1 aromatic rings. The Morgan fingerprint density at radius 1 is 1.67 bits per heavy atom. The van der Waals surface area contributed by atoms with Crippen LogP contribution in [0, 0.1) is 6.92 Å². The van der Waals surface area contributed by atoms with Crippen molar-refractivity contribution in [3.8, 4) is 0 Å². The van der Waals surface area contributed by atoms with Crippen molar-refractivity contribution in [3.63, 3.8) is 0 Å². The number of aryl methyl sites for hydroxylation is 1. The van der Waals surface area contributed by atoms with E-state index in [9.17, 15) is 0 Å². The molecule has 0 bridgehead atoms. The van der Waals surface area contributed by atoms with Crippen molar-refractivity contribution in [1.82, 2.24) is 9.55 Å². The van der Waals surface area contributed by atoms with Crippen molar-refractivity contribution in [1.29, 1.82) is 0 Å². The van der Waals surface area contributed by atoms with Crippen LogP contribution in [0.4, 0.5) is 0 Å². The normalized spacial score (nSPS) is 10.9. The van der Waals surface area contributed by atoms with Crippen molar-refractivity contribution in [2.45, 2.75) is 20.8 Å². The summed E-state index contributed by atoms with van der Waals surface area (Å²) in [6, 6.07) is 0. The zero-order chi connectivity index (χ0) is 9.14. The maximum Gasteiger partial charge on any atom is 0.136 e. The number of imidazole rings is 1. The number of rotatable bonds is 2. The minimum atomic E-state index is 0.947. The topological polar surface area (TPSA) is 17.8 Å². The van der Waals surface area contributed by atoms with Gasteiger partial charge in [0, 0.05) is 11.9 Å². The van der Waals surface area contributed by atoms with Gasteiger partial charge < -0.3 is 4.57 Å². The van der Waals surface area contributed by atoms with Crippen molar-refractivity contribution in [3.05, 3.63) is 30.4 Å². The summed E-state index contributed by atoms with van der Waals surface area (Å²) in [5.74, 6) is 0.947. The van der Waals surface area contributed by atoms with Crippen LogP contribution in [0.2, 0.25) is 0 Å². The number of hydrogen-bond acceptors (Lipinski definition) is 1. The highest BCUT2D eigenvalue weighted by Crippen LogP contribution is 2.09. The first-order valence-corrected chi connectivity index (χ1v) is 3.99. The summed E-state index contributed by atoms with van der Waals surface area (Å²) in [6.45, 7) is 9.79. The maximum absolute atomic E-state index is 4.34. The molecular formula is C10H14N2. The molecule has 0 unspecified atom stereocenters. The number of aromatic nitrogens is 2. The number of allylic oxidation sites excluding steroid dienone is 2. The molecular weight excluding hydrogens is 148 g/mol. The zero-order valence-corrected chi connectivity index (χ0v) is 7.83. The largest absolute Gasteiger partial charge is 0.305 e. The molecule has 1 heterocycles. The Kier molecular flexibility index (Phi) is 2.48. The Balaban J connectivity index is 3.17. The van der Waals surface area contributed by atoms with Gasteiger partial charge in [-0.05, 0) is 26.8 Å². The molecule has 1 rings (SSSR count). The molecule has 2 nitrogen and oxygen atoms in total. The highest BCUT2D eigenvalue weighted by Gasteiger charge is 2.00. The number of nitrogens with zero attached hydrogens (tertiary/aromatic N) is 2. The van der Waals surface area contributed by atoms with E-state index in [0.29, 0.717) is 0 Å². The Labute approximate surface area is 73.2 Å². The van der Waals surface area contributed by atoms with Gasteiger partial charge in [0.05, 0.1) is 5.69 Å². The molecule has 0 radical (unpaired) electrons. The van der Waals surface area contributed by atoms with Gasteiger partial charge in [-0.1, -0.05) is 12.7 Å². The van der Waals surface area contributed by atoms with E-state index in [0.717, 1.165) is 17.2 Å². The van der Waals surface area contributed by atoms with Crippen LogP contribution in [0.25, 0.3) is 11.8 Å². The second-order valence-electron chi connectivity index (χ2n) is 2.85. The highest BCUT2D eigenvalue weighted by atomic mass is 15.1. The lowest BCUT2D eigenvalue weighted by Crippen LogP contribution is -1.92. The third kappa shape index (κ3) is 1.64. The molecule has 0 atom stereocenters. The van der Waals surface area contributed by atoms with Gasteiger partial charge in [-0.15, -0.1) is 0 Å². The third-order valence-corrected chi connectivity index (χ3v) is 1.58. The maximum atomic E-state index is 4.34. The average molecular weight is 162 g/mol. The predicted octanol–water partition coefficient (Wildman–Crippen LogP) is 2.72. The third-order valence-electron chi connectivity index (χ3n) is 1.58. The fourth-order valence-electron chi connectivity index (χ4n) is 1.09. The molecule has 0 aliphatic heterocycles. The first kappa shape index (κ1) is 8.78. The minimum Gasteiger partial charge on any atom is -0.305 e. The van der Waals surface area contributed by atoms with Crippen molar-refractivity contribution in [2.75, 3.05) is 0 Å². The summed E-state index contributed by atoms with van der Waals surface area (Å²) in [5.41, 5.74) is 2.01. The minimum absolute atomic E-state index is 0.947. The van der Waals surface area contributed by atoms with Crippen LogP contribution >= 0.6 is 0 Å².